The Balaban J connectivity index is 1.13. The molecule has 2 aliphatic heterocycles. The van der Waals surface area contributed by atoms with Crippen molar-refractivity contribution in [3.05, 3.63) is 65.3 Å². The molecule has 5 rings (SSSR count). The fraction of sp³-hybridized carbons (Fsp3) is 0.400. The van der Waals surface area contributed by atoms with Crippen LogP contribution < -0.4 is 4.90 Å². The van der Waals surface area contributed by atoms with Gasteiger partial charge in [-0.3, -0.25) is 9.69 Å². The first-order valence-electron chi connectivity index (χ1n) is 11.5. The topological polar surface area (TPSA) is 52.6 Å². The fourth-order valence-corrected chi connectivity index (χ4v) is 5.38. The van der Waals surface area contributed by atoms with Crippen LogP contribution in [0.3, 0.4) is 0 Å². The van der Waals surface area contributed by atoms with Gasteiger partial charge in [0.05, 0.1) is 11.5 Å². The zero-order valence-electron chi connectivity index (χ0n) is 18.6. The van der Waals surface area contributed by atoms with E-state index in [1.165, 1.54) is 12.1 Å². The maximum Gasteiger partial charge on any atom is 0.226 e. The van der Waals surface area contributed by atoms with Crippen LogP contribution in [0.2, 0.25) is 0 Å². The molecule has 6 nitrogen and oxygen atoms in total. The lowest BCUT2D eigenvalue weighted by Gasteiger charge is -2.39. The van der Waals surface area contributed by atoms with E-state index in [1.807, 2.05) is 46.7 Å². The van der Waals surface area contributed by atoms with Crippen LogP contribution in [0.4, 0.5) is 10.2 Å². The van der Waals surface area contributed by atoms with E-state index in [4.69, 9.17) is 0 Å². The number of carbonyl (C=O) groups is 1. The molecule has 0 radical (unpaired) electrons. The molecule has 8 heteroatoms. The molecule has 2 aromatic heterocycles. The lowest BCUT2D eigenvalue weighted by atomic mass is 9.95. The van der Waals surface area contributed by atoms with Crippen molar-refractivity contribution in [2.24, 2.45) is 5.92 Å². The number of halogens is 1. The van der Waals surface area contributed by atoms with Crippen molar-refractivity contribution in [1.29, 1.82) is 0 Å². The van der Waals surface area contributed by atoms with Gasteiger partial charge in [0, 0.05) is 38.6 Å². The van der Waals surface area contributed by atoms with Gasteiger partial charge in [0.15, 0.2) is 5.82 Å². The molecule has 172 valence electrons. The van der Waals surface area contributed by atoms with Crippen molar-refractivity contribution in [2.45, 2.75) is 25.8 Å². The van der Waals surface area contributed by atoms with Crippen molar-refractivity contribution < 1.29 is 9.18 Å². The van der Waals surface area contributed by atoms with Crippen LogP contribution in [0.25, 0.3) is 10.6 Å². The van der Waals surface area contributed by atoms with Crippen LogP contribution in [0.5, 0.6) is 0 Å². The molecule has 0 spiro atoms. The van der Waals surface area contributed by atoms with E-state index in [2.05, 4.69) is 20.0 Å². The van der Waals surface area contributed by atoms with Gasteiger partial charge in [-0.25, -0.2) is 4.39 Å². The predicted molar refractivity (Wildman–Crippen MR) is 128 cm³/mol. The quantitative estimate of drug-likeness (QED) is 0.564. The molecule has 0 N–H and O–H groups in total. The van der Waals surface area contributed by atoms with Crippen LogP contribution >= 0.6 is 11.3 Å². The summed E-state index contributed by atoms with van der Waals surface area (Å²) in [4.78, 5) is 20.8. The van der Waals surface area contributed by atoms with Crippen LogP contribution in [0, 0.1) is 11.7 Å². The summed E-state index contributed by atoms with van der Waals surface area (Å²) in [6.07, 6.45) is 2.64. The van der Waals surface area contributed by atoms with E-state index in [9.17, 15) is 9.18 Å². The Morgan fingerprint density at radius 1 is 1.00 bits per heavy atom. The number of rotatable bonds is 5. The summed E-state index contributed by atoms with van der Waals surface area (Å²) in [5.41, 5.74) is 1.97. The van der Waals surface area contributed by atoms with Crippen molar-refractivity contribution in [2.75, 3.05) is 37.7 Å². The number of piperidine rings is 1. The third-order valence-corrected chi connectivity index (χ3v) is 7.39. The highest BCUT2D eigenvalue weighted by Gasteiger charge is 2.31. The zero-order valence-corrected chi connectivity index (χ0v) is 19.4. The van der Waals surface area contributed by atoms with E-state index in [0.29, 0.717) is 6.67 Å². The highest BCUT2D eigenvalue weighted by Crippen LogP contribution is 2.27. The first kappa shape index (κ1) is 22.0. The molecule has 1 aromatic carbocycles. The third kappa shape index (κ3) is 5.23. The highest BCUT2D eigenvalue weighted by molar-refractivity contribution is 7.13. The van der Waals surface area contributed by atoms with Crippen LogP contribution in [0.15, 0.2) is 53.9 Å². The molecule has 3 aromatic rings. The number of hydrogen-bond donors (Lipinski definition) is 0. The van der Waals surface area contributed by atoms with Crippen molar-refractivity contribution in [3.63, 3.8) is 0 Å². The fourth-order valence-electron chi connectivity index (χ4n) is 4.69. The lowest BCUT2D eigenvalue weighted by molar-refractivity contribution is -0.140. The molecule has 1 amide bonds. The summed E-state index contributed by atoms with van der Waals surface area (Å²) in [6.45, 7) is 4.79. The molecule has 0 atom stereocenters. The number of carbonyl (C=O) groups excluding carboxylic acids is 1. The summed E-state index contributed by atoms with van der Waals surface area (Å²) in [7, 11) is 0. The molecular weight excluding hydrogens is 437 g/mol. The first-order valence-corrected chi connectivity index (χ1v) is 12.4. The molecule has 0 aliphatic carbocycles. The van der Waals surface area contributed by atoms with Crippen LogP contribution in [0.1, 0.15) is 24.8 Å². The number of hydrogen-bond acceptors (Lipinski definition) is 6. The van der Waals surface area contributed by atoms with Gasteiger partial charge >= 0.3 is 0 Å². The van der Waals surface area contributed by atoms with Crippen molar-refractivity contribution >= 4 is 23.1 Å². The minimum absolute atomic E-state index is 0.0605. The van der Waals surface area contributed by atoms with Gasteiger partial charge in [-0.2, -0.15) is 0 Å². The van der Waals surface area contributed by atoms with Gasteiger partial charge in [-0.1, -0.05) is 18.2 Å². The molecule has 2 fully saturated rings. The number of thiophene rings is 1. The number of aromatic nitrogens is 2. The lowest BCUT2D eigenvalue weighted by Crippen LogP contribution is -2.50. The molecule has 0 unspecified atom stereocenters. The molecular formula is C25H28FN5OS. The Labute approximate surface area is 197 Å². The minimum Gasteiger partial charge on any atom is -0.355 e. The predicted octanol–water partition coefficient (Wildman–Crippen LogP) is 4.25. The standard InChI is InChI=1S/C25H28FN5OS/c26-21-6-4-19(5-7-21)17-29-12-2-13-31(18-29)25(32)20-10-14-30(15-11-20)24-9-8-22(27-28-24)23-3-1-16-33-23/h1,3-9,16,20H,2,10-15,17-18H2. The monoisotopic (exact) mass is 465 g/mol. The van der Waals surface area contributed by atoms with Gasteiger partial charge in [0.1, 0.15) is 11.5 Å². The summed E-state index contributed by atoms with van der Waals surface area (Å²) >= 11 is 1.66. The number of anilines is 1. The Bertz CT molecular complexity index is 1050. The van der Waals surface area contributed by atoms with Gasteiger partial charge < -0.3 is 9.80 Å². The number of amides is 1. The van der Waals surface area contributed by atoms with E-state index in [0.717, 1.165) is 73.9 Å². The second kappa shape index (κ2) is 9.97. The van der Waals surface area contributed by atoms with Crippen LogP contribution in [-0.4, -0.2) is 58.8 Å². The average Bonchev–Trinajstić information content (AvgIpc) is 3.41. The maximum absolute atomic E-state index is 13.2. The van der Waals surface area contributed by atoms with Crippen molar-refractivity contribution in [1.82, 2.24) is 20.0 Å². The maximum atomic E-state index is 13.2. The Hall–Kier alpha value is -2.84. The zero-order chi connectivity index (χ0) is 22.6. The normalized spacial score (nSPS) is 18.0. The summed E-state index contributed by atoms with van der Waals surface area (Å²) in [5, 5.41) is 10.9. The van der Waals surface area contributed by atoms with E-state index in [-0.39, 0.29) is 17.6 Å². The second-order valence-corrected chi connectivity index (χ2v) is 9.74. The summed E-state index contributed by atoms with van der Waals surface area (Å²) in [6, 6.07) is 14.8. The van der Waals surface area contributed by atoms with Gasteiger partial charge in [0.2, 0.25) is 5.91 Å². The van der Waals surface area contributed by atoms with E-state index < -0.39 is 0 Å². The number of benzene rings is 1. The Kier molecular flexibility index (Phi) is 6.64. The SMILES string of the molecule is O=C(C1CCN(c2ccc(-c3cccs3)nn2)CC1)N1CCCN(Cc2ccc(F)cc2)C1. The molecule has 33 heavy (non-hydrogen) atoms. The first-order chi connectivity index (χ1) is 16.2. The largest absolute Gasteiger partial charge is 0.355 e. The minimum atomic E-state index is -0.218. The molecule has 0 saturated carbocycles. The molecule has 0 bridgehead atoms. The second-order valence-electron chi connectivity index (χ2n) is 8.79. The molecule has 2 aliphatic rings. The summed E-state index contributed by atoms with van der Waals surface area (Å²) < 4.78 is 13.2. The van der Waals surface area contributed by atoms with Crippen LogP contribution in [-0.2, 0) is 11.3 Å². The Morgan fingerprint density at radius 3 is 2.52 bits per heavy atom. The average molecular weight is 466 g/mol. The summed E-state index contributed by atoms with van der Waals surface area (Å²) in [5.74, 6) is 0.984. The third-order valence-electron chi connectivity index (χ3n) is 6.50. The van der Waals surface area contributed by atoms with Gasteiger partial charge in [0.25, 0.3) is 0 Å². The molecule has 2 saturated heterocycles. The highest BCUT2D eigenvalue weighted by atomic mass is 32.1. The Morgan fingerprint density at radius 2 is 1.82 bits per heavy atom. The van der Waals surface area contributed by atoms with Crippen molar-refractivity contribution in [3.8, 4) is 10.6 Å². The number of nitrogens with zero attached hydrogens (tertiary/aromatic N) is 5. The molecule has 4 heterocycles. The van der Waals surface area contributed by atoms with E-state index in [1.54, 1.807) is 11.3 Å². The van der Waals surface area contributed by atoms with Gasteiger partial charge in [-0.15, -0.1) is 21.5 Å². The van der Waals surface area contributed by atoms with Gasteiger partial charge in [-0.05, 0) is 60.5 Å². The smallest absolute Gasteiger partial charge is 0.226 e. The van der Waals surface area contributed by atoms with E-state index >= 15 is 0 Å².